The molecule has 0 spiro atoms. The van der Waals surface area contributed by atoms with Crippen LogP contribution in [0, 0.1) is 0 Å². The lowest BCUT2D eigenvalue weighted by Gasteiger charge is -2.18. The lowest BCUT2D eigenvalue weighted by molar-refractivity contribution is 0.137. The summed E-state index contributed by atoms with van der Waals surface area (Å²) in [6.07, 6.45) is 8.56. The zero-order chi connectivity index (χ0) is 14.0. The minimum absolute atomic E-state index is 0.0485. The molecule has 0 saturated carbocycles. The van der Waals surface area contributed by atoms with E-state index in [-0.39, 0.29) is 5.60 Å². The van der Waals surface area contributed by atoms with Gasteiger partial charge in [-0.1, -0.05) is 29.8 Å². The van der Waals surface area contributed by atoms with E-state index in [2.05, 4.69) is 43.4 Å². The van der Waals surface area contributed by atoms with Gasteiger partial charge >= 0.3 is 0 Å². The van der Waals surface area contributed by atoms with Crippen molar-refractivity contribution in [2.75, 3.05) is 6.54 Å². The Hall–Kier alpha value is -1.28. The van der Waals surface area contributed by atoms with Crippen LogP contribution in [0.1, 0.15) is 50.7 Å². The van der Waals surface area contributed by atoms with Crippen molar-refractivity contribution in [1.82, 2.24) is 5.32 Å². The Morgan fingerprint density at radius 2 is 2.20 bits per heavy atom. The van der Waals surface area contributed by atoms with Crippen LogP contribution < -0.4 is 10.1 Å². The lowest BCUT2D eigenvalue weighted by Crippen LogP contribution is -2.25. The summed E-state index contributed by atoms with van der Waals surface area (Å²) in [4.78, 5) is 0. The highest BCUT2D eigenvalue weighted by Crippen LogP contribution is 2.37. The maximum absolute atomic E-state index is 6.10. The van der Waals surface area contributed by atoms with Crippen molar-refractivity contribution in [2.45, 2.75) is 58.1 Å². The van der Waals surface area contributed by atoms with Crippen molar-refractivity contribution in [1.29, 1.82) is 0 Å². The van der Waals surface area contributed by atoms with Crippen LogP contribution in [-0.2, 0) is 13.0 Å². The smallest absolute Gasteiger partial charge is 0.127 e. The van der Waals surface area contributed by atoms with E-state index < -0.39 is 0 Å². The Kier molecular flexibility index (Phi) is 3.84. The van der Waals surface area contributed by atoms with Crippen LogP contribution >= 0.6 is 0 Å². The molecule has 0 unspecified atom stereocenters. The highest BCUT2D eigenvalue weighted by atomic mass is 16.5. The maximum atomic E-state index is 6.10. The molecule has 2 heteroatoms. The van der Waals surface area contributed by atoms with Gasteiger partial charge < -0.3 is 10.1 Å². The molecule has 1 aliphatic heterocycles. The molecule has 0 atom stereocenters. The summed E-state index contributed by atoms with van der Waals surface area (Å²) in [5.74, 6) is 1.12. The molecule has 20 heavy (non-hydrogen) atoms. The summed E-state index contributed by atoms with van der Waals surface area (Å²) >= 11 is 0. The van der Waals surface area contributed by atoms with Crippen LogP contribution in [0.25, 0.3) is 0 Å². The van der Waals surface area contributed by atoms with Crippen molar-refractivity contribution >= 4 is 0 Å². The molecule has 0 fully saturated rings. The molecule has 108 valence electrons. The molecule has 0 radical (unpaired) electrons. The van der Waals surface area contributed by atoms with Gasteiger partial charge in [0, 0.05) is 18.5 Å². The van der Waals surface area contributed by atoms with Crippen LogP contribution in [0.3, 0.4) is 0 Å². The second-order valence-corrected chi connectivity index (χ2v) is 6.63. The van der Waals surface area contributed by atoms with Crippen molar-refractivity contribution in [3.05, 3.63) is 41.0 Å². The topological polar surface area (TPSA) is 21.3 Å². The number of rotatable bonds is 5. The predicted molar refractivity (Wildman–Crippen MR) is 83.1 cm³/mol. The summed E-state index contributed by atoms with van der Waals surface area (Å²) < 4.78 is 6.10. The minimum atomic E-state index is -0.0485. The normalized spacial score (nSPS) is 19.6. The number of ether oxygens (including phenoxy) is 1. The number of allylic oxidation sites excluding steroid dienone is 1. The largest absolute Gasteiger partial charge is 0.487 e. The summed E-state index contributed by atoms with van der Waals surface area (Å²) in [7, 11) is 0. The van der Waals surface area contributed by atoms with Crippen molar-refractivity contribution in [3.8, 4) is 5.75 Å². The second kappa shape index (κ2) is 5.61. The van der Waals surface area contributed by atoms with Gasteiger partial charge in [0.25, 0.3) is 0 Å². The van der Waals surface area contributed by atoms with E-state index in [0.717, 1.165) is 25.3 Å². The summed E-state index contributed by atoms with van der Waals surface area (Å²) in [6.45, 7) is 6.30. The first-order valence-corrected chi connectivity index (χ1v) is 7.82. The predicted octanol–water partition coefficient (Wildman–Crippen LogP) is 3.99. The van der Waals surface area contributed by atoms with Gasteiger partial charge in [0.15, 0.2) is 0 Å². The molecule has 1 aliphatic carbocycles. The molecule has 2 aliphatic rings. The first kappa shape index (κ1) is 13.7. The molecule has 0 amide bonds. The fraction of sp³-hybridized carbons (Fsp3) is 0.556. The van der Waals surface area contributed by atoms with E-state index in [4.69, 9.17) is 4.74 Å². The van der Waals surface area contributed by atoms with E-state index in [9.17, 15) is 0 Å². The molecule has 1 N–H and O–H groups in total. The van der Waals surface area contributed by atoms with Gasteiger partial charge in [-0.05, 0) is 51.6 Å². The number of para-hydroxylation sites is 1. The highest BCUT2D eigenvalue weighted by Gasteiger charge is 2.31. The van der Waals surface area contributed by atoms with E-state index >= 15 is 0 Å². The Morgan fingerprint density at radius 1 is 1.30 bits per heavy atom. The highest BCUT2D eigenvalue weighted by molar-refractivity contribution is 5.45. The fourth-order valence-electron chi connectivity index (χ4n) is 3.25. The average molecular weight is 271 g/mol. The number of benzene rings is 1. The Morgan fingerprint density at radius 3 is 3.00 bits per heavy atom. The quantitative estimate of drug-likeness (QED) is 0.646. The van der Waals surface area contributed by atoms with Crippen LogP contribution in [-0.4, -0.2) is 12.1 Å². The van der Waals surface area contributed by atoms with Gasteiger partial charge in [-0.25, -0.2) is 0 Å². The number of hydrogen-bond donors (Lipinski definition) is 1. The van der Waals surface area contributed by atoms with Gasteiger partial charge in [-0.2, -0.15) is 0 Å². The third kappa shape index (κ3) is 3.06. The molecule has 3 rings (SSSR count). The average Bonchev–Trinajstić information content (AvgIpc) is 3.00. The standard InChI is InChI=1S/C18H25NO/c1-18(2)12-15-8-5-9-16(17(15)20-18)13-19-11-10-14-6-3-4-7-14/h5-6,8-9,19H,3-4,7,10-13H2,1-2H3. The van der Waals surface area contributed by atoms with Crippen LogP contribution in [0.2, 0.25) is 0 Å². The monoisotopic (exact) mass is 271 g/mol. The number of fused-ring (bicyclic) bond motifs is 1. The lowest BCUT2D eigenvalue weighted by atomic mass is 10.0. The molecule has 1 aromatic carbocycles. The van der Waals surface area contributed by atoms with E-state index in [1.165, 1.54) is 36.8 Å². The van der Waals surface area contributed by atoms with Crippen molar-refractivity contribution in [2.24, 2.45) is 0 Å². The molecule has 1 aromatic rings. The van der Waals surface area contributed by atoms with Crippen LogP contribution in [0.15, 0.2) is 29.8 Å². The SMILES string of the molecule is CC1(C)Cc2cccc(CNCCC3=CCCC3)c2O1. The Bertz CT molecular complexity index is 516. The fourth-order valence-corrected chi connectivity index (χ4v) is 3.25. The molecule has 1 heterocycles. The van der Waals surface area contributed by atoms with Gasteiger partial charge in [0.1, 0.15) is 11.4 Å². The van der Waals surface area contributed by atoms with Gasteiger partial charge in [-0.15, -0.1) is 0 Å². The Labute approximate surface area is 122 Å². The second-order valence-electron chi connectivity index (χ2n) is 6.63. The summed E-state index contributed by atoms with van der Waals surface area (Å²) in [5, 5.41) is 3.56. The third-order valence-corrected chi connectivity index (χ3v) is 4.25. The maximum Gasteiger partial charge on any atom is 0.127 e. The van der Waals surface area contributed by atoms with E-state index in [1.807, 2.05) is 0 Å². The molecule has 0 saturated heterocycles. The van der Waals surface area contributed by atoms with Crippen molar-refractivity contribution in [3.63, 3.8) is 0 Å². The van der Waals surface area contributed by atoms with Gasteiger partial charge in [-0.3, -0.25) is 0 Å². The molecule has 0 aromatic heterocycles. The first-order valence-electron chi connectivity index (χ1n) is 7.82. The minimum Gasteiger partial charge on any atom is -0.487 e. The van der Waals surface area contributed by atoms with Crippen molar-refractivity contribution < 1.29 is 4.74 Å². The first-order chi connectivity index (χ1) is 9.64. The zero-order valence-electron chi connectivity index (χ0n) is 12.7. The number of nitrogens with one attached hydrogen (secondary N) is 1. The molecule has 2 nitrogen and oxygen atoms in total. The van der Waals surface area contributed by atoms with Gasteiger partial charge in [0.05, 0.1) is 0 Å². The zero-order valence-corrected chi connectivity index (χ0v) is 12.7. The van der Waals surface area contributed by atoms with E-state index in [1.54, 1.807) is 5.57 Å². The van der Waals surface area contributed by atoms with Crippen LogP contribution in [0.5, 0.6) is 5.75 Å². The molecular weight excluding hydrogens is 246 g/mol. The van der Waals surface area contributed by atoms with Crippen LogP contribution in [0.4, 0.5) is 0 Å². The van der Waals surface area contributed by atoms with Gasteiger partial charge in [0.2, 0.25) is 0 Å². The summed E-state index contributed by atoms with van der Waals surface area (Å²) in [5.41, 5.74) is 4.24. The molecular formula is C18H25NO. The third-order valence-electron chi connectivity index (χ3n) is 4.25. The summed E-state index contributed by atoms with van der Waals surface area (Å²) in [6, 6.07) is 6.53. The number of hydrogen-bond acceptors (Lipinski definition) is 2. The molecule has 0 bridgehead atoms. The van der Waals surface area contributed by atoms with E-state index in [0.29, 0.717) is 0 Å². The Balaban J connectivity index is 1.55.